The highest BCUT2D eigenvalue weighted by Crippen LogP contribution is 2.30. The van der Waals surface area contributed by atoms with Crippen molar-refractivity contribution < 1.29 is 87.9 Å². The van der Waals surface area contributed by atoms with Crippen LogP contribution in [0.15, 0.2) is 54.6 Å². The fraction of sp³-hybridized carbons (Fsp3) is 0.422. The van der Waals surface area contributed by atoms with Crippen LogP contribution in [0.25, 0.3) is 0 Å². The molecule has 67 heavy (non-hydrogen) atoms. The Kier molecular flexibility index (Phi) is 19.8. The number of esters is 4. The molecular weight excluding hydrogens is 885 g/mol. The molecule has 362 valence electrons. The number of unbranched alkanes of at least 4 members (excludes halogenated alkanes) is 8. The summed E-state index contributed by atoms with van der Waals surface area (Å²) in [5.74, 6) is -14.6. The quantitative estimate of drug-likeness (QED) is 0.0401. The molecule has 1 heterocycles. The van der Waals surface area contributed by atoms with Gasteiger partial charge in [0.25, 0.3) is 17.7 Å². The van der Waals surface area contributed by atoms with Crippen molar-refractivity contribution in [3.05, 3.63) is 71.3 Å². The van der Waals surface area contributed by atoms with Gasteiger partial charge in [0, 0.05) is 6.42 Å². The van der Waals surface area contributed by atoms with E-state index in [0.717, 1.165) is 81.3 Å². The maximum absolute atomic E-state index is 13.7. The van der Waals surface area contributed by atoms with E-state index < -0.39 is 149 Å². The second-order valence-electron chi connectivity index (χ2n) is 15.3. The van der Waals surface area contributed by atoms with Gasteiger partial charge in [-0.25, -0.2) is 19.2 Å². The lowest BCUT2D eigenvalue weighted by Gasteiger charge is -2.25. The van der Waals surface area contributed by atoms with Crippen LogP contribution in [0.4, 0.5) is 0 Å². The molecule has 1 aliphatic heterocycles. The van der Waals surface area contributed by atoms with Crippen molar-refractivity contribution in [2.75, 3.05) is 26.4 Å². The molecule has 22 nitrogen and oxygen atoms in total. The number of rotatable bonds is 17. The average molecular weight is 939 g/mol. The van der Waals surface area contributed by atoms with Gasteiger partial charge < -0.3 is 70.9 Å². The van der Waals surface area contributed by atoms with Crippen LogP contribution >= 0.6 is 0 Å². The van der Waals surface area contributed by atoms with Gasteiger partial charge in [0.1, 0.15) is 26.4 Å². The van der Waals surface area contributed by atoms with Crippen molar-refractivity contribution in [3.8, 4) is 34.5 Å². The topological polar surface area (TPSA) is 343 Å². The van der Waals surface area contributed by atoms with Crippen LogP contribution in [-0.2, 0) is 42.9 Å². The molecule has 0 unspecified atom stereocenters. The van der Waals surface area contributed by atoms with Gasteiger partial charge in [-0.3, -0.25) is 19.2 Å². The highest BCUT2D eigenvalue weighted by molar-refractivity contribution is 6.01. The number of phenolic OH excluding ortho intramolecular Hbond substituents is 6. The van der Waals surface area contributed by atoms with Crippen molar-refractivity contribution in [1.82, 2.24) is 21.3 Å². The molecule has 0 aliphatic carbocycles. The Morgan fingerprint density at radius 3 is 1.04 bits per heavy atom. The van der Waals surface area contributed by atoms with E-state index in [0.29, 0.717) is 12.8 Å². The number of cyclic esters (lactones) is 4. The Bertz CT molecular complexity index is 2200. The minimum absolute atomic E-state index is 0.0587. The monoisotopic (exact) mass is 938 g/mol. The van der Waals surface area contributed by atoms with E-state index >= 15 is 0 Å². The van der Waals surface area contributed by atoms with E-state index in [2.05, 4.69) is 28.2 Å². The number of nitrogens with one attached hydrogen (secondary N) is 4. The molecule has 0 bridgehead atoms. The van der Waals surface area contributed by atoms with E-state index in [9.17, 15) is 69.0 Å². The van der Waals surface area contributed by atoms with Gasteiger partial charge in [-0.15, -0.1) is 0 Å². The van der Waals surface area contributed by atoms with Crippen LogP contribution in [-0.4, -0.2) is 129 Å². The minimum Gasteiger partial charge on any atom is -0.504 e. The van der Waals surface area contributed by atoms with E-state index in [1.54, 1.807) is 0 Å². The lowest BCUT2D eigenvalue weighted by atomic mass is 10.1. The average Bonchev–Trinajstić information content (AvgIpc) is 3.30. The summed E-state index contributed by atoms with van der Waals surface area (Å²) in [6, 6.07) is 2.20. The number of aromatic hydroxyl groups is 6. The largest absolute Gasteiger partial charge is 0.504 e. The summed E-state index contributed by atoms with van der Waals surface area (Å²) >= 11 is 0. The molecule has 4 amide bonds. The van der Waals surface area contributed by atoms with Gasteiger partial charge in [0.2, 0.25) is 5.91 Å². The van der Waals surface area contributed by atoms with E-state index in [-0.39, 0.29) is 6.42 Å². The maximum atomic E-state index is 13.7. The first-order chi connectivity index (χ1) is 32.0. The zero-order chi connectivity index (χ0) is 49.0. The highest BCUT2D eigenvalue weighted by Gasteiger charge is 2.35. The molecule has 0 spiro atoms. The predicted molar refractivity (Wildman–Crippen MR) is 231 cm³/mol. The molecule has 3 aromatic carbocycles. The van der Waals surface area contributed by atoms with Crippen LogP contribution in [0, 0.1) is 0 Å². The summed E-state index contributed by atoms with van der Waals surface area (Å²) in [6.07, 6.45) is 8.48. The molecule has 0 saturated carbocycles. The Hall–Kier alpha value is -7.78. The van der Waals surface area contributed by atoms with E-state index in [4.69, 9.17) is 18.9 Å². The minimum atomic E-state index is -2.02. The van der Waals surface area contributed by atoms with Gasteiger partial charge in [-0.1, -0.05) is 76.5 Å². The van der Waals surface area contributed by atoms with E-state index in [1.807, 2.05) is 0 Å². The van der Waals surface area contributed by atoms with Crippen LogP contribution < -0.4 is 21.3 Å². The summed E-state index contributed by atoms with van der Waals surface area (Å²) in [7, 11) is 0. The first-order valence-corrected chi connectivity index (χ1v) is 21.4. The third-order valence-electron chi connectivity index (χ3n) is 10.2. The van der Waals surface area contributed by atoms with Crippen molar-refractivity contribution in [1.29, 1.82) is 0 Å². The SMILES string of the molecule is CCCCCCCCCCCC(=O)N[C@H]1COC(=O)[C@@H](NC(=O)c2cccc(O)c2O)COC(=O)[C@@H](NC(=O)c2cccc(O)c2O)COC(=O)[C@@H](NC(=O)c2cccc(O)c2O)COC1=O. The normalized spacial score (nSPS) is 18.3. The molecule has 1 aliphatic rings. The summed E-state index contributed by atoms with van der Waals surface area (Å²) in [6.45, 7) is -2.15. The first kappa shape index (κ1) is 51.9. The number of phenols is 6. The number of hydrogen-bond donors (Lipinski definition) is 10. The number of para-hydroxylation sites is 3. The third-order valence-corrected chi connectivity index (χ3v) is 10.2. The lowest BCUT2D eigenvalue weighted by molar-refractivity contribution is -0.161. The number of carbonyl (C=O) groups is 8. The molecule has 4 atom stereocenters. The van der Waals surface area contributed by atoms with Gasteiger partial charge in [-0.05, 0) is 42.8 Å². The smallest absolute Gasteiger partial charge is 0.332 e. The zero-order valence-electron chi connectivity index (χ0n) is 36.5. The number of carbonyl (C=O) groups excluding carboxylic acids is 8. The highest BCUT2D eigenvalue weighted by atomic mass is 16.6. The Labute approximate surface area is 383 Å². The number of hydrogen-bond acceptors (Lipinski definition) is 18. The zero-order valence-corrected chi connectivity index (χ0v) is 36.5. The molecule has 1 fully saturated rings. The third kappa shape index (κ3) is 15.4. The fourth-order valence-electron chi connectivity index (χ4n) is 6.45. The number of benzene rings is 3. The van der Waals surface area contributed by atoms with Crippen molar-refractivity contribution in [2.45, 2.75) is 95.3 Å². The standard InChI is InChI=1S/C45H54N4O18/c1-2-3-4-5-6-7-8-9-10-20-35(53)46-28-21-64-43(61)30(48-40(58)26-15-12-18-33(51)37(26)55)23-66-45(63)31(49-41(59)27-16-13-19-34(52)38(27)56)24-67-44(62)29(22-65-42(28)60)47-39(57)25-14-11-17-32(50)36(25)54/h11-19,28-31,50-52,54-56H,2-10,20-24H2,1H3,(H,46,53)(H,47,57)(H,48,58)(H,49,59)/t28-,29-,30-,31-/m0/s1. The molecule has 10 N–H and O–H groups in total. The summed E-state index contributed by atoms with van der Waals surface area (Å²) in [4.78, 5) is 108. The number of ether oxygens (including phenoxy) is 4. The number of amides is 4. The fourth-order valence-corrected chi connectivity index (χ4v) is 6.45. The molecule has 22 heteroatoms. The van der Waals surface area contributed by atoms with Gasteiger partial charge >= 0.3 is 23.9 Å². The van der Waals surface area contributed by atoms with Crippen LogP contribution in [0.5, 0.6) is 34.5 Å². The molecule has 0 aromatic heterocycles. The molecule has 3 aromatic rings. The van der Waals surface area contributed by atoms with Crippen LogP contribution in [0.3, 0.4) is 0 Å². The van der Waals surface area contributed by atoms with Crippen molar-refractivity contribution in [2.24, 2.45) is 0 Å². The predicted octanol–water partition coefficient (Wildman–Crippen LogP) is 2.21. The van der Waals surface area contributed by atoms with Gasteiger partial charge in [0.05, 0.1) is 16.7 Å². The molecular formula is C45H54N4O18. The lowest BCUT2D eigenvalue weighted by Crippen LogP contribution is -2.52. The summed E-state index contributed by atoms with van der Waals surface area (Å²) in [5.41, 5.74) is -1.65. The second-order valence-corrected chi connectivity index (χ2v) is 15.3. The maximum Gasteiger partial charge on any atom is 0.332 e. The Morgan fingerprint density at radius 1 is 0.448 bits per heavy atom. The first-order valence-electron chi connectivity index (χ1n) is 21.4. The molecule has 0 radical (unpaired) electrons. The van der Waals surface area contributed by atoms with Crippen molar-refractivity contribution in [3.63, 3.8) is 0 Å². The second kappa shape index (κ2) is 25.6. The summed E-state index contributed by atoms with van der Waals surface area (Å²) < 4.78 is 21.2. The van der Waals surface area contributed by atoms with Crippen LogP contribution in [0.1, 0.15) is 102 Å². The Balaban J connectivity index is 1.63. The molecule has 1 saturated heterocycles. The van der Waals surface area contributed by atoms with E-state index in [1.165, 1.54) is 18.2 Å². The van der Waals surface area contributed by atoms with Gasteiger partial charge in [-0.2, -0.15) is 0 Å². The van der Waals surface area contributed by atoms with Crippen molar-refractivity contribution >= 4 is 47.5 Å². The van der Waals surface area contributed by atoms with Gasteiger partial charge in [0.15, 0.2) is 58.7 Å². The van der Waals surface area contributed by atoms with Crippen LogP contribution in [0.2, 0.25) is 0 Å². The molecule has 4 rings (SSSR count). The Morgan fingerprint density at radius 2 is 0.731 bits per heavy atom. The summed E-state index contributed by atoms with van der Waals surface area (Å²) in [5, 5.41) is 69.7.